The highest BCUT2D eigenvalue weighted by Gasteiger charge is 2.09. The number of anilines is 1. The number of rotatable bonds is 4. The predicted molar refractivity (Wildman–Crippen MR) is 83.2 cm³/mol. The number of hydrogen-bond donors (Lipinski definition) is 2. The number of aromatic nitrogens is 1. The van der Waals surface area contributed by atoms with Crippen molar-refractivity contribution in [2.24, 2.45) is 0 Å². The first kappa shape index (κ1) is 13.2. The highest BCUT2D eigenvalue weighted by Crippen LogP contribution is 2.23. The summed E-state index contributed by atoms with van der Waals surface area (Å²) < 4.78 is 2.09. The molecule has 4 heteroatoms. The molecule has 1 aromatic heterocycles. The average Bonchev–Trinajstić information content (AvgIpc) is 2.85. The molecule has 0 spiro atoms. The number of carbonyl (C=O) groups is 1. The number of carboxylic acids is 1. The van der Waals surface area contributed by atoms with E-state index in [0.717, 1.165) is 27.7 Å². The molecular formula is C17H16N2O2. The Bertz CT molecular complexity index is 805. The van der Waals surface area contributed by atoms with Gasteiger partial charge in [-0.15, -0.1) is 0 Å². The number of aliphatic carboxylic acids is 1. The van der Waals surface area contributed by atoms with Crippen molar-refractivity contribution in [2.75, 3.05) is 5.73 Å². The molecular weight excluding hydrogens is 264 g/mol. The van der Waals surface area contributed by atoms with Gasteiger partial charge in [-0.25, -0.2) is 0 Å². The second-order valence-corrected chi connectivity index (χ2v) is 5.06. The van der Waals surface area contributed by atoms with Crippen LogP contribution in [0.25, 0.3) is 10.9 Å². The van der Waals surface area contributed by atoms with Gasteiger partial charge in [0.05, 0.1) is 11.9 Å². The maximum atomic E-state index is 11.0. The van der Waals surface area contributed by atoms with Gasteiger partial charge in [-0.3, -0.25) is 4.79 Å². The van der Waals surface area contributed by atoms with Gasteiger partial charge in [0.15, 0.2) is 0 Å². The van der Waals surface area contributed by atoms with Crippen molar-refractivity contribution >= 4 is 22.6 Å². The van der Waals surface area contributed by atoms with Gasteiger partial charge in [0.25, 0.3) is 0 Å². The monoisotopic (exact) mass is 280 g/mol. The first-order valence-electron chi connectivity index (χ1n) is 6.77. The Labute approximate surface area is 122 Å². The van der Waals surface area contributed by atoms with E-state index < -0.39 is 5.97 Å². The Morgan fingerprint density at radius 2 is 1.81 bits per heavy atom. The summed E-state index contributed by atoms with van der Waals surface area (Å²) in [5.74, 6) is -0.816. The lowest BCUT2D eigenvalue weighted by atomic mass is 10.0. The number of nitrogens with two attached hydrogens (primary N) is 1. The molecule has 3 rings (SSSR count). The summed E-state index contributed by atoms with van der Waals surface area (Å²) in [4.78, 5) is 11.0. The number of fused-ring (bicyclic) bond motifs is 1. The number of nitrogen functional groups attached to an aromatic ring is 1. The summed E-state index contributed by atoms with van der Waals surface area (Å²) >= 11 is 0. The zero-order valence-electron chi connectivity index (χ0n) is 11.5. The van der Waals surface area contributed by atoms with Crippen LogP contribution in [0, 0.1) is 0 Å². The van der Waals surface area contributed by atoms with Gasteiger partial charge in [0.1, 0.15) is 0 Å². The van der Waals surface area contributed by atoms with Crippen LogP contribution in [0.15, 0.2) is 54.7 Å². The Kier molecular flexibility index (Phi) is 3.36. The first-order valence-corrected chi connectivity index (χ1v) is 6.77. The third-order valence-electron chi connectivity index (χ3n) is 3.65. The fourth-order valence-corrected chi connectivity index (χ4v) is 2.62. The van der Waals surface area contributed by atoms with Crippen LogP contribution in [0.4, 0.5) is 5.69 Å². The van der Waals surface area contributed by atoms with E-state index >= 15 is 0 Å². The van der Waals surface area contributed by atoms with Gasteiger partial charge in [0.2, 0.25) is 0 Å². The normalized spacial score (nSPS) is 10.9. The second-order valence-electron chi connectivity index (χ2n) is 5.06. The van der Waals surface area contributed by atoms with Gasteiger partial charge in [-0.2, -0.15) is 0 Å². The summed E-state index contributed by atoms with van der Waals surface area (Å²) in [5.41, 5.74) is 9.64. The minimum absolute atomic E-state index is 0.0392. The van der Waals surface area contributed by atoms with Crippen molar-refractivity contribution in [3.05, 3.63) is 65.9 Å². The molecule has 0 bridgehead atoms. The zero-order valence-corrected chi connectivity index (χ0v) is 11.5. The Hall–Kier alpha value is -2.75. The van der Waals surface area contributed by atoms with Crippen LogP contribution in [0.5, 0.6) is 0 Å². The molecule has 0 unspecified atom stereocenters. The average molecular weight is 280 g/mol. The molecule has 0 aliphatic carbocycles. The highest BCUT2D eigenvalue weighted by atomic mass is 16.4. The molecule has 0 aliphatic heterocycles. The van der Waals surface area contributed by atoms with E-state index in [0.29, 0.717) is 6.54 Å². The quantitative estimate of drug-likeness (QED) is 0.722. The van der Waals surface area contributed by atoms with Crippen LogP contribution in [0.2, 0.25) is 0 Å². The lowest BCUT2D eigenvalue weighted by molar-refractivity contribution is -0.136. The topological polar surface area (TPSA) is 68.2 Å². The molecule has 0 amide bonds. The van der Waals surface area contributed by atoms with Crippen LogP contribution in [-0.4, -0.2) is 15.6 Å². The predicted octanol–water partition coefficient (Wildman–Crippen LogP) is 2.90. The Morgan fingerprint density at radius 3 is 2.57 bits per heavy atom. The van der Waals surface area contributed by atoms with E-state index in [1.54, 1.807) is 0 Å². The van der Waals surface area contributed by atoms with Crippen molar-refractivity contribution < 1.29 is 9.90 Å². The van der Waals surface area contributed by atoms with Gasteiger partial charge in [-0.1, -0.05) is 30.3 Å². The van der Waals surface area contributed by atoms with Gasteiger partial charge in [-0.05, 0) is 29.3 Å². The van der Waals surface area contributed by atoms with E-state index in [1.165, 1.54) is 0 Å². The number of hydrogen-bond acceptors (Lipinski definition) is 2. The number of benzene rings is 2. The molecule has 3 aromatic rings. The molecule has 0 saturated carbocycles. The standard InChI is InChI=1S/C17H16N2O2/c18-15-6-3-7-16-14(15)8-9-19(16)11-13-5-2-1-4-12(13)10-17(20)21/h1-9H,10-11,18H2,(H,20,21). The molecule has 2 aromatic carbocycles. The van der Waals surface area contributed by atoms with Gasteiger partial charge in [0, 0.05) is 23.8 Å². The fourth-order valence-electron chi connectivity index (χ4n) is 2.62. The third-order valence-corrected chi connectivity index (χ3v) is 3.65. The summed E-state index contributed by atoms with van der Waals surface area (Å²) in [6, 6.07) is 15.5. The maximum absolute atomic E-state index is 11.0. The van der Waals surface area contributed by atoms with E-state index in [-0.39, 0.29) is 6.42 Å². The summed E-state index contributed by atoms with van der Waals surface area (Å²) in [5, 5.41) is 10.0. The SMILES string of the molecule is Nc1cccc2c1ccn2Cc1ccccc1CC(=O)O. The smallest absolute Gasteiger partial charge is 0.307 e. The minimum Gasteiger partial charge on any atom is -0.481 e. The van der Waals surface area contributed by atoms with E-state index in [1.807, 2.05) is 54.7 Å². The van der Waals surface area contributed by atoms with Crippen molar-refractivity contribution in [3.63, 3.8) is 0 Å². The van der Waals surface area contributed by atoms with E-state index in [4.69, 9.17) is 10.8 Å². The zero-order chi connectivity index (χ0) is 14.8. The largest absolute Gasteiger partial charge is 0.481 e. The molecule has 1 heterocycles. The van der Waals surface area contributed by atoms with Crippen molar-refractivity contribution in [2.45, 2.75) is 13.0 Å². The fraction of sp³-hybridized carbons (Fsp3) is 0.118. The molecule has 0 saturated heterocycles. The third kappa shape index (κ3) is 2.60. The molecule has 0 aliphatic rings. The van der Waals surface area contributed by atoms with Gasteiger partial charge < -0.3 is 15.4 Å². The van der Waals surface area contributed by atoms with Crippen LogP contribution < -0.4 is 5.73 Å². The lowest BCUT2D eigenvalue weighted by Crippen LogP contribution is -2.06. The molecule has 21 heavy (non-hydrogen) atoms. The summed E-state index contributed by atoms with van der Waals surface area (Å²) in [6.45, 7) is 0.635. The van der Waals surface area contributed by atoms with Crippen LogP contribution in [0.3, 0.4) is 0 Å². The second kappa shape index (κ2) is 5.32. The first-order chi connectivity index (χ1) is 10.1. The maximum Gasteiger partial charge on any atom is 0.307 e. The Morgan fingerprint density at radius 1 is 1.05 bits per heavy atom. The van der Waals surface area contributed by atoms with Crippen LogP contribution in [0.1, 0.15) is 11.1 Å². The number of nitrogens with zero attached hydrogens (tertiary/aromatic N) is 1. The van der Waals surface area contributed by atoms with Crippen LogP contribution >= 0.6 is 0 Å². The van der Waals surface area contributed by atoms with E-state index in [9.17, 15) is 4.79 Å². The summed E-state index contributed by atoms with van der Waals surface area (Å²) in [6.07, 6.45) is 2.02. The summed E-state index contributed by atoms with van der Waals surface area (Å²) in [7, 11) is 0. The molecule has 106 valence electrons. The minimum atomic E-state index is -0.816. The van der Waals surface area contributed by atoms with E-state index in [2.05, 4.69) is 4.57 Å². The van der Waals surface area contributed by atoms with Crippen molar-refractivity contribution in [1.82, 2.24) is 4.57 Å². The molecule has 3 N–H and O–H groups in total. The highest BCUT2D eigenvalue weighted by molar-refractivity contribution is 5.91. The Balaban J connectivity index is 1.99. The molecule has 0 fully saturated rings. The molecule has 4 nitrogen and oxygen atoms in total. The van der Waals surface area contributed by atoms with Crippen LogP contribution in [-0.2, 0) is 17.8 Å². The van der Waals surface area contributed by atoms with Crippen molar-refractivity contribution in [3.8, 4) is 0 Å². The van der Waals surface area contributed by atoms with Gasteiger partial charge >= 0.3 is 5.97 Å². The lowest BCUT2D eigenvalue weighted by Gasteiger charge is -2.10. The van der Waals surface area contributed by atoms with Crippen molar-refractivity contribution in [1.29, 1.82) is 0 Å². The molecule has 0 atom stereocenters. The number of carboxylic acid groups (broad SMARTS) is 1. The molecule has 0 radical (unpaired) electrons.